The summed E-state index contributed by atoms with van der Waals surface area (Å²) < 4.78 is 1.04. The fourth-order valence-corrected chi connectivity index (χ4v) is 7.47. The molecule has 6 heteroatoms. The van der Waals surface area contributed by atoms with Crippen molar-refractivity contribution >= 4 is 32.9 Å². The van der Waals surface area contributed by atoms with Crippen molar-refractivity contribution in [2.75, 3.05) is 26.2 Å². The van der Waals surface area contributed by atoms with Crippen LogP contribution in [-0.4, -0.2) is 41.1 Å². The van der Waals surface area contributed by atoms with Gasteiger partial charge in [-0.2, -0.15) is 0 Å². The lowest BCUT2D eigenvalue weighted by Crippen LogP contribution is -2.26. The summed E-state index contributed by atoms with van der Waals surface area (Å²) in [7, 11) is 3.54. The van der Waals surface area contributed by atoms with E-state index in [0.717, 1.165) is 86.3 Å². The number of hydrogen-bond donors (Lipinski definition) is 1. The number of nitrogens with zero attached hydrogens (tertiary/aromatic N) is 2. The van der Waals surface area contributed by atoms with Gasteiger partial charge in [0.1, 0.15) is 9.57 Å². The molecule has 1 aromatic heterocycles. The highest BCUT2D eigenvalue weighted by Gasteiger charge is 2.19. The molecule has 1 heterocycles. The van der Waals surface area contributed by atoms with Crippen LogP contribution in [-0.2, 0) is 19.5 Å². The summed E-state index contributed by atoms with van der Waals surface area (Å²) in [6.07, 6.45) is 7.89. The number of aromatic hydroxyl groups is 1. The molecule has 0 unspecified atom stereocenters. The molecule has 1 N–H and O–H groups in total. The molecule has 0 aliphatic rings. The minimum absolute atomic E-state index is 0.488. The molecule has 0 fully saturated rings. The standard InChI is InChI=1S/C27H44N2OS3/c1-6-11-12-24-26(32-33-27(24)31)21-17-22(19-28(13-7-2)14-8-3)25(30)23(18-21)20-29(15-9-4)16-10-5/h17-18,30H,6-16,19-20H2,1-5H3. The van der Waals surface area contributed by atoms with Gasteiger partial charge < -0.3 is 5.11 Å². The second-order valence-electron chi connectivity index (χ2n) is 9.06. The molecular formula is C27H44N2OS3. The molecule has 0 spiro atoms. The molecule has 0 aliphatic heterocycles. The van der Waals surface area contributed by atoms with E-state index in [1.165, 1.54) is 28.8 Å². The summed E-state index contributed by atoms with van der Waals surface area (Å²) in [4.78, 5) is 6.27. The molecule has 3 nitrogen and oxygen atoms in total. The first kappa shape index (κ1) is 28.4. The molecule has 0 radical (unpaired) electrons. The summed E-state index contributed by atoms with van der Waals surface area (Å²) in [6.45, 7) is 17.0. The zero-order valence-corrected chi connectivity index (χ0v) is 23.9. The van der Waals surface area contributed by atoms with Crippen LogP contribution in [0.15, 0.2) is 12.1 Å². The molecule has 0 aliphatic carbocycles. The molecule has 33 heavy (non-hydrogen) atoms. The highest BCUT2D eigenvalue weighted by Crippen LogP contribution is 2.39. The summed E-state index contributed by atoms with van der Waals surface area (Å²) in [5.41, 5.74) is 4.69. The predicted octanol–water partition coefficient (Wildman–Crippen LogP) is 8.50. The first-order valence-electron chi connectivity index (χ1n) is 12.9. The SMILES string of the molecule is CCCCc1c(-c2cc(CN(CCC)CCC)c(O)c(CN(CCC)CCC)c2)ssc1=S. The smallest absolute Gasteiger partial charge is 0.124 e. The average molecular weight is 509 g/mol. The van der Waals surface area contributed by atoms with Crippen molar-refractivity contribution in [3.05, 3.63) is 32.6 Å². The van der Waals surface area contributed by atoms with Crippen LogP contribution in [0.1, 0.15) is 89.8 Å². The zero-order valence-electron chi connectivity index (χ0n) is 21.4. The lowest BCUT2D eigenvalue weighted by molar-refractivity contribution is 0.255. The van der Waals surface area contributed by atoms with Crippen LogP contribution in [0.3, 0.4) is 0 Å². The average Bonchev–Trinajstić information content (AvgIpc) is 3.15. The number of phenolic OH excluding ortho intramolecular Hbond substituents is 1. The van der Waals surface area contributed by atoms with Crippen molar-refractivity contribution in [3.8, 4) is 16.2 Å². The van der Waals surface area contributed by atoms with Crippen LogP contribution in [0.25, 0.3) is 10.4 Å². The van der Waals surface area contributed by atoms with Crippen molar-refractivity contribution in [1.82, 2.24) is 9.80 Å². The third-order valence-electron chi connectivity index (χ3n) is 5.98. The van der Waals surface area contributed by atoms with E-state index < -0.39 is 0 Å². The molecule has 186 valence electrons. The first-order valence-corrected chi connectivity index (χ1v) is 15.5. The van der Waals surface area contributed by atoms with E-state index in [0.29, 0.717) is 5.75 Å². The van der Waals surface area contributed by atoms with Crippen LogP contribution in [0.5, 0.6) is 5.75 Å². The summed E-state index contributed by atoms with van der Waals surface area (Å²) in [5, 5.41) is 11.4. The van der Waals surface area contributed by atoms with Crippen molar-refractivity contribution < 1.29 is 5.11 Å². The summed E-state index contributed by atoms with van der Waals surface area (Å²) in [5.74, 6) is 0.488. The molecule has 0 amide bonds. The van der Waals surface area contributed by atoms with Gasteiger partial charge >= 0.3 is 0 Å². The highest BCUT2D eigenvalue weighted by atomic mass is 32.9. The number of phenols is 1. The van der Waals surface area contributed by atoms with Crippen LogP contribution in [0, 0.1) is 3.82 Å². The van der Waals surface area contributed by atoms with Crippen molar-refractivity contribution in [2.45, 2.75) is 92.7 Å². The van der Waals surface area contributed by atoms with E-state index in [-0.39, 0.29) is 0 Å². The van der Waals surface area contributed by atoms with Crippen molar-refractivity contribution in [2.24, 2.45) is 0 Å². The van der Waals surface area contributed by atoms with Gasteiger partial charge in [-0.05, 0) is 88.0 Å². The molecular weight excluding hydrogens is 465 g/mol. The van der Waals surface area contributed by atoms with Gasteiger partial charge in [0, 0.05) is 24.2 Å². The Bertz CT molecular complexity index is 839. The van der Waals surface area contributed by atoms with Gasteiger partial charge in [0.2, 0.25) is 0 Å². The molecule has 0 saturated heterocycles. The van der Waals surface area contributed by atoms with Crippen LogP contribution < -0.4 is 0 Å². The molecule has 2 rings (SSSR count). The number of unbranched alkanes of at least 4 members (excludes halogenated alkanes) is 1. The maximum Gasteiger partial charge on any atom is 0.124 e. The minimum atomic E-state index is 0.488. The highest BCUT2D eigenvalue weighted by molar-refractivity contribution is 7.80. The van der Waals surface area contributed by atoms with Crippen LogP contribution in [0.2, 0.25) is 0 Å². The van der Waals surface area contributed by atoms with E-state index in [1.807, 2.05) is 10.3 Å². The third kappa shape index (κ3) is 8.43. The Labute approximate surface area is 214 Å². The van der Waals surface area contributed by atoms with E-state index in [9.17, 15) is 5.11 Å². The molecule has 0 saturated carbocycles. The maximum absolute atomic E-state index is 11.4. The summed E-state index contributed by atoms with van der Waals surface area (Å²) >= 11 is 5.72. The van der Waals surface area contributed by atoms with Crippen molar-refractivity contribution in [1.29, 1.82) is 0 Å². The Morgan fingerprint density at radius 3 is 1.67 bits per heavy atom. The lowest BCUT2D eigenvalue weighted by atomic mass is 9.99. The Balaban J connectivity index is 2.54. The second kappa shape index (κ2) is 15.3. The Kier molecular flexibility index (Phi) is 13.2. The van der Waals surface area contributed by atoms with Gasteiger partial charge in [-0.3, -0.25) is 9.80 Å². The quantitative estimate of drug-likeness (QED) is 0.182. The fourth-order valence-electron chi connectivity index (χ4n) is 4.48. The zero-order chi connectivity index (χ0) is 24.2. The van der Waals surface area contributed by atoms with Crippen molar-refractivity contribution in [3.63, 3.8) is 0 Å². The van der Waals surface area contributed by atoms with Crippen LogP contribution in [0.4, 0.5) is 0 Å². The van der Waals surface area contributed by atoms with Gasteiger partial charge in [0.25, 0.3) is 0 Å². The summed E-state index contributed by atoms with van der Waals surface area (Å²) in [6, 6.07) is 4.48. The van der Waals surface area contributed by atoms with E-state index in [4.69, 9.17) is 12.2 Å². The van der Waals surface area contributed by atoms with Gasteiger partial charge in [-0.1, -0.05) is 73.9 Å². The molecule has 0 bridgehead atoms. The molecule has 2 aromatic rings. The van der Waals surface area contributed by atoms with E-state index >= 15 is 0 Å². The monoisotopic (exact) mass is 508 g/mol. The predicted molar refractivity (Wildman–Crippen MR) is 150 cm³/mol. The fraction of sp³-hybridized carbons (Fsp3) is 0.667. The van der Waals surface area contributed by atoms with Gasteiger partial charge in [0.15, 0.2) is 0 Å². The van der Waals surface area contributed by atoms with Gasteiger partial charge in [0.05, 0.1) is 4.88 Å². The number of hydrogen-bond acceptors (Lipinski definition) is 6. The first-order chi connectivity index (χ1) is 16.0. The van der Waals surface area contributed by atoms with Gasteiger partial charge in [-0.25, -0.2) is 0 Å². The Morgan fingerprint density at radius 1 is 0.758 bits per heavy atom. The third-order valence-corrected chi connectivity index (χ3v) is 9.17. The normalized spacial score (nSPS) is 11.7. The molecule has 1 aromatic carbocycles. The second-order valence-corrected chi connectivity index (χ2v) is 11.9. The van der Waals surface area contributed by atoms with Gasteiger partial charge in [-0.15, -0.1) is 0 Å². The molecule has 0 atom stereocenters. The minimum Gasteiger partial charge on any atom is -0.507 e. The van der Waals surface area contributed by atoms with E-state index in [1.54, 1.807) is 10.3 Å². The Hall–Kier alpha value is -0.790. The largest absolute Gasteiger partial charge is 0.507 e. The van der Waals surface area contributed by atoms with E-state index in [2.05, 4.69) is 56.6 Å². The Morgan fingerprint density at radius 2 is 1.24 bits per heavy atom. The lowest BCUT2D eigenvalue weighted by Gasteiger charge is -2.25. The maximum atomic E-state index is 11.4. The van der Waals surface area contributed by atoms with Crippen LogP contribution >= 0.6 is 32.9 Å². The number of rotatable bonds is 16. The number of benzene rings is 1. The topological polar surface area (TPSA) is 26.7 Å².